The number of guanidine groups is 1. The molecule has 8 heteroatoms. The molecule has 0 bridgehead atoms. The Balaban J connectivity index is 0.00000364. The summed E-state index contributed by atoms with van der Waals surface area (Å²) in [6.45, 7) is 9.12. The number of nitrogens with one attached hydrogen (secondary N) is 2. The second-order valence-electron chi connectivity index (χ2n) is 6.27. The van der Waals surface area contributed by atoms with Crippen molar-refractivity contribution in [3.05, 3.63) is 35.9 Å². The van der Waals surface area contributed by atoms with Crippen LogP contribution in [0.4, 0.5) is 0 Å². The zero-order valence-corrected chi connectivity index (χ0v) is 19.3. The highest BCUT2D eigenvalue weighted by atomic mass is 127. The molecular weight excluding hydrogens is 475 g/mol. The van der Waals surface area contributed by atoms with E-state index in [0.29, 0.717) is 18.1 Å². The summed E-state index contributed by atoms with van der Waals surface area (Å²) < 4.78 is 17.5. The van der Waals surface area contributed by atoms with E-state index in [1.807, 2.05) is 30.3 Å². The van der Waals surface area contributed by atoms with Crippen LogP contribution < -0.4 is 10.6 Å². The summed E-state index contributed by atoms with van der Waals surface area (Å²) in [5.41, 5.74) is 1.12. The van der Waals surface area contributed by atoms with Gasteiger partial charge in [0.25, 0.3) is 0 Å². The first-order chi connectivity index (χ1) is 12.8. The molecule has 0 spiro atoms. The van der Waals surface area contributed by atoms with E-state index in [9.17, 15) is 4.21 Å². The van der Waals surface area contributed by atoms with E-state index < -0.39 is 10.8 Å². The molecule has 0 aromatic heterocycles. The number of halogens is 1. The van der Waals surface area contributed by atoms with Crippen molar-refractivity contribution in [1.82, 2.24) is 15.5 Å². The van der Waals surface area contributed by atoms with Crippen LogP contribution in [-0.4, -0.2) is 73.3 Å². The molecule has 1 fully saturated rings. The van der Waals surface area contributed by atoms with Crippen LogP contribution in [0.15, 0.2) is 35.3 Å². The summed E-state index contributed by atoms with van der Waals surface area (Å²) in [5.74, 6) is 2.04. The lowest BCUT2D eigenvalue weighted by atomic mass is 10.2. The fraction of sp³-hybridized carbons (Fsp3) is 0.632. The van der Waals surface area contributed by atoms with Gasteiger partial charge in [-0.25, -0.2) is 0 Å². The normalized spacial score (nSPS) is 16.4. The van der Waals surface area contributed by atoms with Gasteiger partial charge in [-0.1, -0.05) is 30.3 Å². The lowest BCUT2D eigenvalue weighted by Gasteiger charge is -2.26. The van der Waals surface area contributed by atoms with Crippen molar-refractivity contribution in [3.63, 3.8) is 0 Å². The molecule has 0 radical (unpaired) electrons. The van der Waals surface area contributed by atoms with Gasteiger partial charge in [-0.05, 0) is 18.9 Å². The third kappa shape index (κ3) is 11.0. The Morgan fingerprint density at radius 1 is 1.22 bits per heavy atom. The Morgan fingerprint density at radius 3 is 2.67 bits per heavy atom. The Morgan fingerprint density at radius 2 is 1.96 bits per heavy atom. The summed E-state index contributed by atoms with van der Waals surface area (Å²) in [5, 5.41) is 6.54. The quantitative estimate of drug-likeness (QED) is 0.219. The average molecular weight is 508 g/mol. The van der Waals surface area contributed by atoms with Crippen molar-refractivity contribution in [3.8, 4) is 0 Å². The van der Waals surface area contributed by atoms with Crippen LogP contribution in [0.1, 0.15) is 18.9 Å². The monoisotopic (exact) mass is 508 g/mol. The molecule has 6 nitrogen and oxygen atoms in total. The van der Waals surface area contributed by atoms with Crippen LogP contribution in [0.3, 0.4) is 0 Å². The molecule has 0 saturated carbocycles. The van der Waals surface area contributed by atoms with Crippen LogP contribution in [0, 0.1) is 0 Å². The van der Waals surface area contributed by atoms with E-state index in [4.69, 9.17) is 4.74 Å². The van der Waals surface area contributed by atoms with Crippen LogP contribution in [0.5, 0.6) is 0 Å². The minimum Gasteiger partial charge on any atom is -0.379 e. The van der Waals surface area contributed by atoms with Gasteiger partial charge >= 0.3 is 0 Å². The van der Waals surface area contributed by atoms with E-state index in [0.717, 1.165) is 63.9 Å². The highest BCUT2D eigenvalue weighted by Crippen LogP contribution is 2.02. The van der Waals surface area contributed by atoms with E-state index in [1.54, 1.807) is 0 Å². The van der Waals surface area contributed by atoms with Gasteiger partial charge in [-0.2, -0.15) is 0 Å². The molecule has 1 aromatic carbocycles. The molecule has 1 unspecified atom stereocenters. The molecule has 1 saturated heterocycles. The van der Waals surface area contributed by atoms with E-state index in [-0.39, 0.29) is 24.0 Å². The van der Waals surface area contributed by atoms with Crippen molar-refractivity contribution in [2.75, 3.05) is 58.2 Å². The lowest BCUT2D eigenvalue weighted by molar-refractivity contribution is 0.0377. The predicted molar refractivity (Wildman–Crippen MR) is 124 cm³/mol. The summed E-state index contributed by atoms with van der Waals surface area (Å²) in [6, 6.07) is 9.98. The topological polar surface area (TPSA) is 66.0 Å². The molecule has 0 amide bonds. The van der Waals surface area contributed by atoms with Gasteiger partial charge < -0.3 is 15.4 Å². The molecule has 1 aliphatic heterocycles. The standard InChI is InChI=1S/C19H32N4O2S.HI/c1-2-20-19(21-9-6-11-23-12-14-25-15-13-23)22-10-16-26(24)17-18-7-4-3-5-8-18;/h3-5,7-8H,2,6,9-17H2,1H3,(H2,20,21,22);1H. The second-order valence-corrected chi connectivity index (χ2v) is 7.85. The maximum Gasteiger partial charge on any atom is 0.191 e. The number of aliphatic imine (C=N–C) groups is 1. The molecule has 0 aliphatic carbocycles. The number of ether oxygens (including phenoxy) is 1. The SMILES string of the molecule is CCNC(=NCCCN1CCOCC1)NCCS(=O)Cc1ccccc1.I. The zero-order valence-electron chi connectivity index (χ0n) is 16.2. The Bertz CT molecular complexity index is 554. The molecular formula is C19H33IN4O2S. The number of morpholine rings is 1. The fourth-order valence-electron chi connectivity index (χ4n) is 2.77. The highest BCUT2D eigenvalue weighted by molar-refractivity contribution is 14.0. The summed E-state index contributed by atoms with van der Waals surface area (Å²) in [4.78, 5) is 7.04. The van der Waals surface area contributed by atoms with Crippen LogP contribution in [0.2, 0.25) is 0 Å². The van der Waals surface area contributed by atoms with Gasteiger partial charge in [0.2, 0.25) is 0 Å². The maximum absolute atomic E-state index is 12.2. The van der Waals surface area contributed by atoms with Crippen molar-refractivity contribution >= 4 is 40.7 Å². The Kier molecular flexibility index (Phi) is 13.7. The zero-order chi connectivity index (χ0) is 18.5. The van der Waals surface area contributed by atoms with Crippen LogP contribution in [0.25, 0.3) is 0 Å². The van der Waals surface area contributed by atoms with E-state index in [2.05, 4.69) is 27.4 Å². The number of nitrogens with zero attached hydrogens (tertiary/aromatic N) is 2. The molecule has 27 heavy (non-hydrogen) atoms. The molecule has 1 aliphatic rings. The minimum absolute atomic E-state index is 0. The van der Waals surface area contributed by atoms with Gasteiger partial charge in [0, 0.05) is 61.6 Å². The first kappa shape index (κ1) is 24.3. The first-order valence-electron chi connectivity index (χ1n) is 9.49. The highest BCUT2D eigenvalue weighted by Gasteiger charge is 2.09. The lowest BCUT2D eigenvalue weighted by Crippen LogP contribution is -2.39. The van der Waals surface area contributed by atoms with Gasteiger partial charge in [-0.3, -0.25) is 14.1 Å². The van der Waals surface area contributed by atoms with Crippen molar-refractivity contribution in [2.45, 2.75) is 19.1 Å². The molecule has 1 atom stereocenters. The first-order valence-corrected chi connectivity index (χ1v) is 11.0. The van der Waals surface area contributed by atoms with E-state index in [1.165, 1.54) is 0 Å². The number of hydrogen-bond acceptors (Lipinski definition) is 4. The molecule has 1 heterocycles. The minimum atomic E-state index is -0.866. The van der Waals surface area contributed by atoms with Crippen molar-refractivity contribution < 1.29 is 8.95 Å². The summed E-state index contributed by atoms with van der Waals surface area (Å²) >= 11 is 0. The predicted octanol–water partition coefficient (Wildman–Crippen LogP) is 1.83. The van der Waals surface area contributed by atoms with Gasteiger partial charge in [0.15, 0.2) is 5.96 Å². The van der Waals surface area contributed by atoms with Gasteiger partial charge in [0.05, 0.1) is 13.2 Å². The molecule has 154 valence electrons. The number of rotatable bonds is 10. The molecule has 1 aromatic rings. The molecule has 2 N–H and O–H groups in total. The molecule has 2 rings (SSSR count). The smallest absolute Gasteiger partial charge is 0.191 e. The van der Waals surface area contributed by atoms with E-state index >= 15 is 0 Å². The Labute approximate surface area is 183 Å². The third-order valence-corrected chi connectivity index (χ3v) is 5.46. The van der Waals surface area contributed by atoms with Gasteiger partial charge in [-0.15, -0.1) is 24.0 Å². The summed E-state index contributed by atoms with van der Waals surface area (Å²) in [7, 11) is -0.866. The Hall–Kier alpha value is -0.710. The fourth-order valence-corrected chi connectivity index (χ4v) is 3.81. The van der Waals surface area contributed by atoms with Gasteiger partial charge in [0.1, 0.15) is 0 Å². The van der Waals surface area contributed by atoms with Crippen LogP contribution >= 0.6 is 24.0 Å². The summed E-state index contributed by atoms with van der Waals surface area (Å²) in [6.07, 6.45) is 1.04. The largest absolute Gasteiger partial charge is 0.379 e. The van der Waals surface area contributed by atoms with Crippen molar-refractivity contribution in [1.29, 1.82) is 0 Å². The van der Waals surface area contributed by atoms with Crippen LogP contribution in [-0.2, 0) is 21.3 Å². The average Bonchev–Trinajstić information content (AvgIpc) is 2.67. The maximum atomic E-state index is 12.2. The third-order valence-electron chi connectivity index (χ3n) is 4.14. The van der Waals surface area contributed by atoms with Crippen molar-refractivity contribution in [2.24, 2.45) is 4.99 Å². The second kappa shape index (κ2) is 15.2. The number of hydrogen-bond donors (Lipinski definition) is 2. The number of benzene rings is 1.